The molecule has 1 rings (SSSR count). The predicted octanol–water partition coefficient (Wildman–Crippen LogP) is 0.646. The fourth-order valence-electron chi connectivity index (χ4n) is 1.91. The number of nitrogens with two attached hydrogens (primary N) is 1. The quantitative estimate of drug-likeness (QED) is 0.727. The summed E-state index contributed by atoms with van der Waals surface area (Å²) in [5, 5.41) is 9.88. The van der Waals surface area contributed by atoms with Gasteiger partial charge in [-0.15, -0.1) is 0 Å². The maximum atomic E-state index is 10.4. The summed E-state index contributed by atoms with van der Waals surface area (Å²) in [6.07, 6.45) is -1.13. The van der Waals surface area contributed by atoms with Crippen LogP contribution in [-0.2, 0) is 9.47 Å². The summed E-state index contributed by atoms with van der Waals surface area (Å²) in [5.74, 6) is 0.0176. The largest absolute Gasteiger partial charge is 0.447 e. The van der Waals surface area contributed by atoms with Crippen molar-refractivity contribution in [3.05, 3.63) is 0 Å². The van der Waals surface area contributed by atoms with Crippen LogP contribution in [0.1, 0.15) is 27.2 Å². The van der Waals surface area contributed by atoms with E-state index in [4.69, 9.17) is 10.5 Å². The minimum atomic E-state index is -0.844. The molecule has 88 valence electrons. The van der Waals surface area contributed by atoms with Crippen molar-refractivity contribution in [1.29, 1.82) is 0 Å². The number of ether oxygens (including phenoxy) is 2. The van der Waals surface area contributed by atoms with E-state index < -0.39 is 18.3 Å². The molecule has 15 heavy (non-hydrogen) atoms. The SMILES string of the molecule is CCC1(C)OC(COC(N)=O)C(O)C1C. The Kier molecular flexibility index (Phi) is 3.57. The van der Waals surface area contributed by atoms with Crippen LogP contribution in [0.4, 0.5) is 4.79 Å². The first-order valence-corrected chi connectivity index (χ1v) is 5.19. The zero-order valence-electron chi connectivity index (χ0n) is 9.40. The lowest BCUT2D eigenvalue weighted by Gasteiger charge is -2.26. The van der Waals surface area contributed by atoms with E-state index in [0.717, 1.165) is 6.42 Å². The molecule has 0 aromatic rings. The molecule has 0 bridgehead atoms. The van der Waals surface area contributed by atoms with Crippen molar-refractivity contribution in [1.82, 2.24) is 0 Å². The van der Waals surface area contributed by atoms with Crippen molar-refractivity contribution in [3.63, 3.8) is 0 Å². The Hall–Kier alpha value is -0.810. The summed E-state index contributed by atoms with van der Waals surface area (Å²) in [5.41, 5.74) is 4.50. The second kappa shape index (κ2) is 4.37. The highest BCUT2D eigenvalue weighted by atomic mass is 16.6. The first-order chi connectivity index (χ1) is 6.90. The van der Waals surface area contributed by atoms with Gasteiger partial charge in [0.1, 0.15) is 12.7 Å². The van der Waals surface area contributed by atoms with Crippen LogP contribution in [0.3, 0.4) is 0 Å². The van der Waals surface area contributed by atoms with E-state index in [2.05, 4.69) is 4.74 Å². The monoisotopic (exact) mass is 217 g/mol. The summed E-state index contributed by atoms with van der Waals surface area (Å²) >= 11 is 0. The van der Waals surface area contributed by atoms with E-state index in [9.17, 15) is 9.90 Å². The summed E-state index contributed by atoms with van der Waals surface area (Å²) in [4.78, 5) is 10.4. The van der Waals surface area contributed by atoms with Gasteiger partial charge in [-0.2, -0.15) is 0 Å². The van der Waals surface area contributed by atoms with Gasteiger partial charge in [0.25, 0.3) is 0 Å². The van der Waals surface area contributed by atoms with Crippen LogP contribution in [0.5, 0.6) is 0 Å². The number of hydrogen-bond acceptors (Lipinski definition) is 4. The molecule has 5 nitrogen and oxygen atoms in total. The lowest BCUT2D eigenvalue weighted by molar-refractivity contribution is -0.0705. The average molecular weight is 217 g/mol. The number of carbonyl (C=O) groups is 1. The van der Waals surface area contributed by atoms with Crippen molar-refractivity contribution >= 4 is 6.09 Å². The molecule has 0 aliphatic carbocycles. The molecule has 0 spiro atoms. The molecule has 1 fully saturated rings. The van der Waals surface area contributed by atoms with Crippen LogP contribution in [0.2, 0.25) is 0 Å². The molecule has 0 radical (unpaired) electrons. The number of rotatable bonds is 3. The van der Waals surface area contributed by atoms with Crippen molar-refractivity contribution in [2.24, 2.45) is 11.7 Å². The number of carbonyl (C=O) groups excluding carboxylic acids is 1. The highest BCUT2D eigenvalue weighted by molar-refractivity contribution is 5.64. The van der Waals surface area contributed by atoms with Gasteiger partial charge in [0, 0.05) is 5.92 Å². The van der Waals surface area contributed by atoms with Crippen molar-refractivity contribution < 1.29 is 19.4 Å². The molecule has 0 aromatic heterocycles. The number of primary amides is 1. The summed E-state index contributed by atoms with van der Waals surface area (Å²) in [6, 6.07) is 0. The highest BCUT2D eigenvalue weighted by Crippen LogP contribution is 2.38. The average Bonchev–Trinajstić information content (AvgIpc) is 2.41. The van der Waals surface area contributed by atoms with Crippen LogP contribution < -0.4 is 5.73 Å². The van der Waals surface area contributed by atoms with Gasteiger partial charge in [0.05, 0.1) is 11.7 Å². The van der Waals surface area contributed by atoms with Crippen LogP contribution in [-0.4, -0.2) is 35.6 Å². The molecule has 5 heteroatoms. The third-order valence-electron chi connectivity index (χ3n) is 3.37. The lowest BCUT2D eigenvalue weighted by atomic mass is 9.86. The number of amides is 1. The molecule has 1 amide bonds. The Bertz CT molecular complexity index is 246. The number of aliphatic hydroxyl groups excluding tert-OH is 1. The molecule has 4 atom stereocenters. The fourth-order valence-corrected chi connectivity index (χ4v) is 1.91. The molecular formula is C10H19NO4. The van der Waals surface area contributed by atoms with Gasteiger partial charge in [-0.3, -0.25) is 0 Å². The van der Waals surface area contributed by atoms with E-state index in [-0.39, 0.29) is 18.1 Å². The van der Waals surface area contributed by atoms with E-state index in [1.54, 1.807) is 0 Å². The van der Waals surface area contributed by atoms with Gasteiger partial charge in [0.2, 0.25) is 0 Å². The molecule has 1 aliphatic heterocycles. The van der Waals surface area contributed by atoms with Gasteiger partial charge in [-0.1, -0.05) is 13.8 Å². The van der Waals surface area contributed by atoms with E-state index >= 15 is 0 Å². The van der Waals surface area contributed by atoms with Crippen LogP contribution in [0.15, 0.2) is 0 Å². The van der Waals surface area contributed by atoms with E-state index in [1.807, 2.05) is 20.8 Å². The molecule has 1 aliphatic rings. The van der Waals surface area contributed by atoms with Crippen molar-refractivity contribution in [3.8, 4) is 0 Å². The van der Waals surface area contributed by atoms with Crippen LogP contribution in [0.25, 0.3) is 0 Å². The van der Waals surface area contributed by atoms with Gasteiger partial charge >= 0.3 is 6.09 Å². The topological polar surface area (TPSA) is 81.8 Å². The zero-order valence-corrected chi connectivity index (χ0v) is 9.40. The van der Waals surface area contributed by atoms with E-state index in [0.29, 0.717) is 0 Å². The van der Waals surface area contributed by atoms with Gasteiger partial charge in [-0.05, 0) is 13.3 Å². The third-order valence-corrected chi connectivity index (χ3v) is 3.37. The first-order valence-electron chi connectivity index (χ1n) is 5.19. The molecule has 0 saturated carbocycles. The van der Waals surface area contributed by atoms with Crippen LogP contribution >= 0.6 is 0 Å². The predicted molar refractivity (Wildman–Crippen MR) is 54.3 cm³/mol. The summed E-state index contributed by atoms with van der Waals surface area (Å²) in [6.45, 7) is 5.89. The summed E-state index contributed by atoms with van der Waals surface area (Å²) < 4.78 is 10.3. The zero-order chi connectivity index (χ0) is 11.6. The lowest BCUT2D eigenvalue weighted by Crippen LogP contribution is -2.32. The first kappa shape index (κ1) is 12.3. The number of aliphatic hydroxyl groups is 1. The third kappa shape index (κ3) is 2.41. The highest BCUT2D eigenvalue weighted by Gasteiger charge is 2.48. The van der Waals surface area contributed by atoms with Gasteiger partial charge in [0.15, 0.2) is 0 Å². The Morgan fingerprint density at radius 2 is 2.27 bits per heavy atom. The second-order valence-corrected chi connectivity index (χ2v) is 4.23. The minimum absolute atomic E-state index is 0.0103. The smallest absolute Gasteiger partial charge is 0.404 e. The molecule has 0 aromatic carbocycles. The standard InChI is InChI=1S/C10H19NO4/c1-4-10(3)6(2)8(12)7(15-10)5-14-9(11)13/h6-8,12H,4-5H2,1-3H3,(H2,11,13). The summed E-state index contributed by atoms with van der Waals surface area (Å²) in [7, 11) is 0. The maximum absolute atomic E-state index is 10.4. The Labute approximate surface area is 89.5 Å². The molecular weight excluding hydrogens is 198 g/mol. The molecule has 4 unspecified atom stereocenters. The Balaban J connectivity index is 2.59. The minimum Gasteiger partial charge on any atom is -0.447 e. The van der Waals surface area contributed by atoms with Crippen molar-refractivity contribution in [2.75, 3.05) is 6.61 Å². The molecule has 3 N–H and O–H groups in total. The van der Waals surface area contributed by atoms with Crippen molar-refractivity contribution in [2.45, 2.75) is 45.0 Å². The second-order valence-electron chi connectivity index (χ2n) is 4.23. The van der Waals surface area contributed by atoms with Gasteiger partial charge < -0.3 is 20.3 Å². The maximum Gasteiger partial charge on any atom is 0.404 e. The molecule has 1 heterocycles. The fraction of sp³-hybridized carbons (Fsp3) is 0.900. The normalized spacial score (nSPS) is 40.4. The Morgan fingerprint density at radius 3 is 2.67 bits per heavy atom. The molecule has 1 saturated heterocycles. The van der Waals surface area contributed by atoms with E-state index in [1.165, 1.54) is 0 Å². The van der Waals surface area contributed by atoms with Crippen LogP contribution in [0, 0.1) is 5.92 Å². The van der Waals surface area contributed by atoms with Gasteiger partial charge in [-0.25, -0.2) is 4.79 Å². The Morgan fingerprint density at radius 1 is 1.67 bits per heavy atom. The number of hydrogen-bond donors (Lipinski definition) is 2.